The average molecular weight is 291 g/mol. The summed E-state index contributed by atoms with van der Waals surface area (Å²) in [6.45, 7) is 7.74. The molecule has 0 fully saturated rings. The van der Waals surface area contributed by atoms with Gasteiger partial charge in [0.1, 0.15) is 17.5 Å². The van der Waals surface area contributed by atoms with Crippen molar-refractivity contribution in [2.75, 3.05) is 6.61 Å². The molecular weight excluding hydrogens is 270 g/mol. The molecule has 1 unspecified atom stereocenters. The third kappa shape index (κ3) is 3.33. The van der Waals surface area contributed by atoms with Gasteiger partial charge < -0.3 is 14.8 Å². The second-order valence-corrected chi connectivity index (χ2v) is 5.98. The number of nitrogens with zero attached hydrogens (tertiary/aromatic N) is 2. The lowest BCUT2D eigenvalue weighted by atomic mass is 10.1. The van der Waals surface area contributed by atoms with Crippen LogP contribution < -0.4 is 5.32 Å². The number of hydrogen-bond acceptors (Lipinski definition) is 4. The van der Waals surface area contributed by atoms with E-state index in [2.05, 4.69) is 10.4 Å². The van der Waals surface area contributed by atoms with Gasteiger partial charge in [0.2, 0.25) is 0 Å². The summed E-state index contributed by atoms with van der Waals surface area (Å²) in [5, 5.41) is 16.4. The minimum Gasteiger partial charge on any atom is -0.467 e. The molecule has 0 aliphatic rings. The maximum atomic E-state index is 12.3. The Bertz CT molecular complexity index is 609. The van der Waals surface area contributed by atoms with Crippen molar-refractivity contribution >= 4 is 5.91 Å². The van der Waals surface area contributed by atoms with Gasteiger partial charge in [-0.15, -0.1) is 0 Å². The van der Waals surface area contributed by atoms with E-state index in [0.717, 1.165) is 5.69 Å². The van der Waals surface area contributed by atoms with E-state index in [0.29, 0.717) is 11.5 Å². The number of aliphatic hydroxyl groups is 1. The molecule has 1 atom stereocenters. The Morgan fingerprint density at radius 1 is 1.52 bits per heavy atom. The Morgan fingerprint density at radius 2 is 2.24 bits per heavy atom. The van der Waals surface area contributed by atoms with Gasteiger partial charge in [0.25, 0.3) is 5.91 Å². The van der Waals surface area contributed by atoms with Gasteiger partial charge in [-0.05, 0) is 45.9 Å². The minimum absolute atomic E-state index is 0.194. The van der Waals surface area contributed by atoms with Crippen molar-refractivity contribution in [1.82, 2.24) is 15.1 Å². The fourth-order valence-corrected chi connectivity index (χ4v) is 2.19. The first-order chi connectivity index (χ1) is 9.82. The van der Waals surface area contributed by atoms with Gasteiger partial charge in [0.05, 0.1) is 18.4 Å². The molecule has 6 nitrogen and oxygen atoms in total. The standard InChI is InChI=1S/C15H21N3O3/c1-10-8-11(17-18(10)15(2,3)4)14(20)16-12(9-19)13-6-5-7-21-13/h5-8,12,19H,9H2,1-4H3,(H,16,20). The number of amides is 1. The third-order valence-electron chi connectivity index (χ3n) is 3.13. The van der Waals surface area contributed by atoms with Crippen LogP contribution >= 0.6 is 0 Å². The van der Waals surface area contributed by atoms with Crippen LogP contribution in [-0.4, -0.2) is 27.4 Å². The van der Waals surface area contributed by atoms with Crippen LogP contribution in [0.4, 0.5) is 0 Å². The molecule has 0 saturated heterocycles. The van der Waals surface area contributed by atoms with E-state index in [-0.39, 0.29) is 18.1 Å². The first-order valence-corrected chi connectivity index (χ1v) is 6.85. The zero-order chi connectivity index (χ0) is 15.6. The van der Waals surface area contributed by atoms with Crippen LogP contribution in [0.15, 0.2) is 28.9 Å². The number of carbonyl (C=O) groups is 1. The van der Waals surface area contributed by atoms with Crippen LogP contribution in [0.5, 0.6) is 0 Å². The number of aromatic nitrogens is 2. The summed E-state index contributed by atoms with van der Waals surface area (Å²) in [5.74, 6) is 0.175. The van der Waals surface area contributed by atoms with Crippen molar-refractivity contribution in [2.45, 2.75) is 39.3 Å². The van der Waals surface area contributed by atoms with Crippen molar-refractivity contribution in [3.8, 4) is 0 Å². The molecule has 2 heterocycles. The highest BCUT2D eigenvalue weighted by Gasteiger charge is 2.22. The predicted molar refractivity (Wildman–Crippen MR) is 78.0 cm³/mol. The number of aryl methyl sites for hydroxylation is 1. The minimum atomic E-state index is -0.576. The molecule has 0 aromatic carbocycles. The van der Waals surface area contributed by atoms with Crippen molar-refractivity contribution in [3.63, 3.8) is 0 Å². The molecule has 0 saturated carbocycles. The fourth-order valence-electron chi connectivity index (χ4n) is 2.19. The van der Waals surface area contributed by atoms with Gasteiger partial charge in [-0.2, -0.15) is 5.10 Å². The van der Waals surface area contributed by atoms with Crippen molar-refractivity contribution in [2.24, 2.45) is 0 Å². The molecule has 2 rings (SSSR count). The first-order valence-electron chi connectivity index (χ1n) is 6.85. The van der Waals surface area contributed by atoms with E-state index < -0.39 is 6.04 Å². The van der Waals surface area contributed by atoms with Crippen LogP contribution in [0, 0.1) is 6.92 Å². The topological polar surface area (TPSA) is 80.3 Å². The van der Waals surface area contributed by atoms with Crippen molar-refractivity contribution < 1.29 is 14.3 Å². The Hall–Kier alpha value is -2.08. The number of furan rings is 1. The van der Waals surface area contributed by atoms with Crippen LogP contribution in [0.2, 0.25) is 0 Å². The molecule has 21 heavy (non-hydrogen) atoms. The quantitative estimate of drug-likeness (QED) is 0.903. The molecule has 0 spiro atoms. The maximum Gasteiger partial charge on any atom is 0.272 e. The van der Waals surface area contributed by atoms with Crippen LogP contribution in [0.1, 0.15) is 48.8 Å². The molecule has 6 heteroatoms. The van der Waals surface area contributed by atoms with E-state index in [1.165, 1.54) is 6.26 Å². The summed E-state index contributed by atoms with van der Waals surface area (Å²) in [7, 11) is 0. The largest absolute Gasteiger partial charge is 0.467 e. The van der Waals surface area contributed by atoms with Crippen LogP contribution in [0.3, 0.4) is 0 Å². The Balaban J connectivity index is 2.17. The van der Waals surface area contributed by atoms with Gasteiger partial charge in [0, 0.05) is 5.69 Å². The molecule has 0 radical (unpaired) electrons. The molecule has 0 bridgehead atoms. The monoisotopic (exact) mass is 291 g/mol. The molecule has 2 aromatic heterocycles. The van der Waals surface area contributed by atoms with E-state index in [1.807, 2.05) is 32.4 Å². The zero-order valence-electron chi connectivity index (χ0n) is 12.8. The van der Waals surface area contributed by atoms with E-state index >= 15 is 0 Å². The lowest BCUT2D eigenvalue weighted by Crippen LogP contribution is -2.31. The molecule has 0 aliphatic carbocycles. The number of nitrogens with one attached hydrogen (secondary N) is 1. The summed E-state index contributed by atoms with van der Waals surface area (Å²) in [4.78, 5) is 12.3. The van der Waals surface area contributed by atoms with E-state index in [1.54, 1.807) is 18.2 Å². The second kappa shape index (κ2) is 5.73. The molecule has 1 amide bonds. The van der Waals surface area contributed by atoms with Crippen molar-refractivity contribution in [3.05, 3.63) is 41.6 Å². The van der Waals surface area contributed by atoms with Gasteiger partial charge >= 0.3 is 0 Å². The molecule has 2 N–H and O–H groups in total. The second-order valence-electron chi connectivity index (χ2n) is 5.98. The average Bonchev–Trinajstić information content (AvgIpc) is 3.03. The summed E-state index contributed by atoms with van der Waals surface area (Å²) < 4.78 is 7.01. The fraction of sp³-hybridized carbons (Fsp3) is 0.467. The summed E-state index contributed by atoms with van der Waals surface area (Å²) in [6, 6.07) is 4.58. The number of hydrogen-bond donors (Lipinski definition) is 2. The summed E-state index contributed by atoms with van der Waals surface area (Å²) in [6.07, 6.45) is 1.50. The highest BCUT2D eigenvalue weighted by Crippen LogP contribution is 2.18. The number of rotatable bonds is 4. The Morgan fingerprint density at radius 3 is 2.71 bits per heavy atom. The molecular formula is C15H21N3O3. The smallest absolute Gasteiger partial charge is 0.272 e. The lowest BCUT2D eigenvalue weighted by Gasteiger charge is -2.21. The molecule has 0 aliphatic heterocycles. The van der Waals surface area contributed by atoms with Crippen molar-refractivity contribution in [1.29, 1.82) is 0 Å². The highest BCUT2D eigenvalue weighted by atomic mass is 16.3. The number of aliphatic hydroxyl groups excluding tert-OH is 1. The highest BCUT2D eigenvalue weighted by molar-refractivity contribution is 5.92. The summed E-state index contributed by atoms with van der Waals surface area (Å²) in [5.41, 5.74) is 1.04. The van der Waals surface area contributed by atoms with Gasteiger partial charge in [-0.1, -0.05) is 0 Å². The predicted octanol–water partition coefficient (Wildman–Crippen LogP) is 2.00. The van der Waals surface area contributed by atoms with E-state index in [9.17, 15) is 9.90 Å². The normalized spacial score (nSPS) is 13.2. The van der Waals surface area contributed by atoms with Gasteiger partial charge in [-0.25, -0.2) is 0 Å². The first kappa shape index (κ1) is 15.3. The summed E-state index contributed by atoms with van der Waals surface area (Å²) >= 11 is 0. The van der Waals surface area contributed by atoms with Crippen LogP contribution in [-0.2, 0) is 5.54 Å². The Kier molecular flexibility index (Phi) is 4.18. The molecule has 2 aromatic rings. The molecule has 114 valence electrons. The van der Waals surface area contributed by atoms with Gasteiger partial charge in [-0.3, -0.25) is 9.48 Å². The van der Waals surface area contributed by atoms with Gasteiger partial charge in [0.15, 0.2) is 0 Å². The SMILES string of the molecule is Cc1cc(C(=O)NC(CO)c2ccco2)nn1C(C)(C)C. The third-order valence-corrected chi connectivity index (χ3v) is 3.13. The maximum absolute atomic E-state index is 12.3. The number of carbonyl (C=O) groups excluding carboxylic acids is 1. The lowest BCUT2D eigenvalue weighted by molar-refractivity contribution is 0.0900. The Labute approximate surface area is 123 Å². The van der Waals surface area contributed by atoms with E-state index in [4.69, 9.17) is 4.42 Å². The van der Waals surface area contributed by atoms with Crippen LogP contribution in [0.25, 0.3) is 0 Å². The zero-order valence-corrected chi connectivity index (χ0v) is 12.8.